The molecule has 1 N–H and O–H groups in total. The Balaban J connectivity index is 2.31. The minimum absolute atomic E-state index is 0.269. The number of benzene rings is 2. The first-order valence-electron chi connectivity index (χ1n) is 6.09. The van der Waals surface area contributed by atoms with Crippen LogP contribution in [0, 0.1) is 12.7 Å². The number of halogens is 2. The molecular weight excluding hydrogens is 295 g/mol. The summed E-state index contributed by atoms with van der Waals surface area (Å²) in [6.07, 6.45) is 2.23. The van der Waals surface area contributed by atoms with E-state index in [9.17, 15) is 9.18 Å². The summed E-state index contributed by atoms with van der Waals surface area (Å²) in [6, 6.07) is 9.14. The van der Waals surface area contributed by atoms with Crippen molar-refractivity contribution in [3.63, 3.8) is 0 Å². The van der Waals surface area contributed by atoms with E-state index in [0.29, 0.717) is 16.3 Å². The van der Waals surface area contributed by atoms with Gasteiger partial charge in [0.2, 0.25) is 0 Å². The fourth-order valence-corrected chi connectivity index (χ4v) is 1.88. The van der Waals surface area contributed by atoms with Gasteiger partial charge in [0.15, 0.2) is 0 Å². The lowest BCUT2D eigenvalue weighted by molar-refractivity contribution is -0.131. The first-order chi connectivity index (χ1) is 9.94. The molecule has 2 aromatic rings. The number of aliphatic carboxylic acids is 1. The molecule has 0 aliphatic heterocycles. The summed E-state index contributed by atoms with van der Waals surface area (Å²) in [5.41, 5.74) is 1.25. The molecule has 0 aliphatic rings. The molecule has 5 heteroatoms. The lowest BCUT2D eigenvalue weighted by Gasteiger charge is -2.10. The van der Waals surface area contributed by atoms with Gasteiger partial charge < -0.3 is 9.84 Å². The number of carboxylic acid groups (broad SMARTS) is 1. The van der Waals surface area contributed by atoms with Crippen LogP contribution < -0.4 is 4.74 Å². The zero-order chi connectivity index (χ0) is 15.4. The van der Waals surface area contributed by atoms with Crippen molar-refractivity contribution in [1.82, 2.24) is 0 Å². The minimum atomic E-state index is -1.10. The standard InChI is InChI=1S/C16H12ClFO3/c1-10-2-4-12(17)8-15(10)21-14-7-11(3-5-16(19)20)6-13(18)9-14/h2-9H,1H3,(H,19,20)/b5-3+. The lowest BCUT2D eigenvalue weighted by Crippen LogP contribution is -1.90. The maximum absolute atomic E-state index is 13.5. The molecule has 108 valence electrons. The van der Waals surface area contributed by atoms with Gasteiger partial charge in [-0.25, -0.2) is 9.18 Å². The number of carbonyl (C=O) groups is 1. The molecule has 0 spiro atoms. The topological polar surface area (TPSA) is 46.5 Å². The van der Waals surface area contributed by atoms with Crippen LogP contribution in [0.2, 0.25) is 5.02 Å². The van der Waals surface area contributed by atoms with E-state index in [0.717, 1.165) is 11.6 Å². The Morgan fingerprint density at radius 1 is 1.29 bits per heavy atom. The Morgan fingerprint density at radius 2 is 2.05 bits per heavy atom. The molecule has 0 radical (unpaired) electrons. The Hall–Kier alpha value is -2.33. The van der Waals surface area contributed by atoms with Crippen molar-refractivity contribution in [2.45, 2.75) is 6.92 Å². The molecule has 0 fully saturated rings. The molecular formula is C16H12ClFO3. The summed E-state index contributed by atoms with van der Waals surface area (Å²) in [6.45, 7) is 1.84. The van der Waals surface area contributed by atoms with Crippen LogP contribution in [0.5, 0.6) is 11.5 Å². The van der Waals surface area contributed by atoms with Crippen molar-refractivity contribution >= 4 is 23.6 Å². The molecule has 0 saturated carbocycles. The second-order valence-corrected chi connectivity index (χ2v) is 4.84. The quantitative estimate of drug-likeness (QED) is 0.834. The smallest absolute Gasteiger partial charge is 0.328 e. The third-order valence-corrected chi connectivity index (χ3v) is 2.93. The number of hydrogen-bond donors (Lipinski definition) is 1. The van der Waals surface area contributed by atoms with Gasteiger partial charge in [0, 0.05) is 17.2 Å². The van der Waals surface area contributed by atoms with E-state index < -0.39 is 11.8 Å². The highest BCUT2D eigenvalue weighted by molar-refractivity contribution is 6.30. The average Bonchev–Trinajstić information content (AvgIpc) is 2.40. The van der Waals surface area contributed by atoms with Crippen LogP contribution in [-0.4, -0.2) is 11.1 Å². The van der Waals surface area contributed by atoms with Gasteiger partial charge in [-0.15, -0.1) is 0 Å². The van der Waals surface area contributed by atoms with Gasteiger partial charge in [0.05, 0.1) is 0 Å². The number of carboxylic acids is 1. The zero-order valence-corrected chi connectivity index (χ0v) is 11.9. The van der Waals surface area contributed by atoms with E-state index in [4.69, 9.17) is 21.4 Å². The van der Waals surface area contributed by atoms with Crippen molar-refractivity contribution in [2.75, 3.05) is 0 Å². The summed E-state index contributed by atoms with van der Waals surface area (Å²) in [5.74, 6) is -0.837. The van der Waals surface area contributed by atoms with Crippen molar-refractivity contribution in [3.8, 4) is 11.5 Å². The van der Waals surface area contributed by atoms with Crippen LogP contribution in [0.15, 0.2) is 42.5 Å². The van der Waals surface area contributed by atoms with Crippen LogP contribution in [0.25, 0.3) is 6.08 Å². The zero-order valence-electron chi connectivity index (χ0n) is 11.1. The largest absolute Gasteiger partial charge is 0.478 e. The number of rotatable bonds is 4. The maximum atomic E-state index is 13.5. The Bertz CT molecular complexity index is 711. The third-order valence-electron chi connectivity index (χ3n) is 2.69. The van der Waals surface area contributed by atoms with Gasteiger partial charge in [0.1, 0.15) is 17.3 Å². The molecule has 0 heterocycles. The molecule has 21 heavy (non-hydrogen) atoms. The summed E-state index contributed by atoms with van der Waals surface area (Å²) in [4.78, 5) is 10.5. The third kappa shape index (κ3) is 4.33. The molecule has 3 nitrogen and oxygen atoms in total. The first-order valence-corrected chi connectivity index (χ1v) is 6.47. The van der Waals surface area contributed by atoms with E-state index >= 15 is 0 Å². The summed E-state index contributed by atoms with van der Waals surface area (Å²) >= 11 is 5.90. The average molecular weight is 307 g/mol. The molecule has 0 atom stereocenters. The SMILES string of the molecule is Cc1ccc(Cl)cc1Oc1cc(F)cc(/C=C/C(=O)O)c1. The molecule has 0 aliphatic carbocycles. The monoisotopic (exact) mass is 306 g/mol. The van der Waals surface area contributed by atoms with E-state index in [-0.39, 0.29) is 5.75 Å². The van der Waals surface area contributed by atoms with Gasteiger partial charge in [-0.05, 0) is 48.4 Å². The highest BCUT2D eigenvalue weighted by Crippen LogP contribution is 2.29. The molecule has 0 bridgehead atoms. The lowest BCUT2D eigenvalue weighted by atomic mass is 10.2. The molecule has 0 unspecified atom stereocenters. The molecule has 2 rings (SSSR count). The summed E-state index contributed by atoms with van der Waals surface area (Å²) in [7, 11) is 0. The van der Waals surface area contributed by atoms with Crippen molar-refractivity contribution in [1.29, 1.82) is 0 Å². The van der Waals surface area contributed by atoms with Crippen LogP contribution >= 0.6 is 11.6 Å². The Labute approximate surface area is 126 Å². The summed E-state index contributed by atoms with van der Waals surface area (Å²) < 4.78 is 19.2. The van der Waals surface area contributed by atoms with E-state index in [1.54, 1.807) is 24.3 Å². The normalized spacial score (nSPS) is 10.8. The van der Waals surface area contributed by atoms with Gasteiger partial charge in [0.25, 0.3) is 0 Å². The summed E-state index contributed by atoms with van der Waals surface area (Å²) in [5, 5.41) is 9.10. The Kier molecular flexibility index (Phi) is 4.60. The molecule has 0 saturated heterocycles. The van der Waals surface area contributed by atoms with Crippen molar-refractivity contribution in [2.24, 2.45) is 0 Å². The van der Waals surface area contributed by atoms with Crippen LogP contribution in [0.4, 0.5) is 4.39 Å². The number of aryl methyl sites for hydroxylation is 1. The van der Waals surface area contributed by atoms with Crippen molar-refractivity contribution < 1.29 is 19.0 Å². The van der Waals surface area contributed by atoms with Gasteiger partial charge >= 0.3 is 5.97 Å². The van der Waals surface area contributed by atoms with Crippen molar-refractivity contribution in [3.05, 3.63) is 64.4 Å². The molecule has 0 aromatic heterocycles. The Morgan fingerprint density at radius 3 is 2.76 bits per heavy atom. The van der Waals surface area contributed by atoms with Gasteiger partial charge in [-0.2, -0.15) is 0 Å². The fourth-order valence-electron chi connectivity index (χ4n) is 1.72. The maximum Gasteiger partial charge on any atom is 0.328 e. The second-order valence-electron chi connectivity index (χ2n) is 4.40. The highest BCUT2D eigenvalue weighted by atomic mass is 35.5. The molecule has 2 aromatic carbocycles. The van der Waals surface area contributed by atoms with E-state index in [2.05, 4.69) is 0 Å². The highest BCUT2D eigenvalue weighted by Gasteiger charge is 2.05. The predicted molar refractivity (Wildman–Crippen MR) is 79.3 cm³/mol. The number of hydrogen-bond acceptors (Lipinski definition) is 2. The first kappa shape index (κ1) is 15.1. The molecule has 0 amide bonds. The minimum Gasteiger partial charge on any atom is -0.478 e. The van der Waals surface area contributed by atoms with E-state index in [1.165, 1.54) is 18.2 Å². The predicted octanol–water partition coefficient (Wildman–Crippen LogP) is 4.68. The van der Waals surface area contributed by atoms with Crippen LogP contribution in [-0.2, 0) is 4.79 Å². The second kappa shape index (κ2) is 6.41. The number of ether oxygens (including phenoxy) is 1. The van der Waals surface area contributed by atoms with Crippen LogP contribution in [0.3, 0.4) is 0 Å². The van der Waals surface area contributed by atoms with Gasteiger partial charge in [-0.1, -0.05) is 17.7 Å². The van der Waals surface area contributed by atoms with E-state index in [1.807, 2.05) is 6.92 Å². The fraction of sp³-hybridized carbons (Fsp3) is 0.0625. The van der Waals surface area contributed by atoms with Gasteiger partial charge in [-0.3, -0.25) is 0 Å². The van der Waals surface area contributed by atoms with Crippen LogP contribution in [0.1, 0.15) is 11.1 Å².